The van der Waals surface area contributed by atoms with Gasteiger partial charge in [-0.2, -0.15) is 0 Å². The van der Waals surface area contributed by atoms with E-state index in [4.69, 9.17) is 0 Å². The number of allylic oxidation sites excluding steroid dienone is 1. The fourth-order valence-electron chi connectivity index (χ4n) is 9.21. The van der Waals surface area contributed by atoms with Crippen LogP contribution >= 0.6 is 0 Å². The molecule has 0 amide bonds. The molecule has 0 saturated heterocycles. The summed E-state index contributed by atoms with van der Waals surface area (Å²) in [5.41, 5.74) is 15.2. The number of nitrogens with zero attached hydrogens (tertiary/aromatic N) is 2. The summed E-state index contributed by atoms with van der Waals surface area (Å²) in [4.78, 5) is 3.91. The van der Waals surface area contributed by atoms with Crippen LogP contribution in [0.4, 0.5) is 0 Å². The van der Waals surface area contributed by atoms with Crippen LogP contribution in [-0.4, -0.2) is 15.0 Å². The second-order valence-corrected chi connectivity index (χ2v) is 15.1. The topological polar surface area (TPSA) is 57.0 Å². The molecule has 268 valence electrons. The Bertz CT molecular complexity index is 2970. The van der Waals surface area contributed by atoms with E-state index in [-0.39, 0.29) is 12.3 Å². The molecule has 2 unspecified atom stereocenters. The molecule has 0 saturated carbocycles. The lowest BCUT2D eigenvalue weighted by molar-refractivity contribution is -0.999. The smallest absolute Gasteiger partial charge is 0.310 e. The average molecular weight is 725 g/mol. The van der Waals surface area contributed by atoms with Crippen molar-refractivity contribution in [1.29, 1.82) is 0 Å². The lowest BCUT2D eigenvalue weighted by Gasteiger charge is -2.21. The van der Waals surface area contributed by atoms with Gasteiger partial charge in [-0.1, -0.05) is 103 Å². The second kappa shape index (κ2) is 13.5. The molecular weight excluding hydrogens is 683 g/mol. The molecule has 0 spiro atoms. The van der Waals surface area contributed by atoms with Gasteiger partial charge in [0.15, 0.2) is 0 Å². The summed E-state index contributed by atoms with van der Waals surface area (Å²) in [7, 11) is 0. The largest absolute Gasteiger partial charge is 0.376 e. The summed E-state index contributed by atoms with van der Waals surface area (Å²) in [6, 6.07) is 66.2. The van der Waals surface area contributed by atoms with Crippen LogP contribution in [0, 0.1) is 0 Å². The molecule has 7 aromatic carbocycles. The number of fused-ring (bicyclic) bond motifs is 6. The quantitative estimate of drug-likeness (QED) is 0.159. The van der Waals surface area contributed by atoms with Gasteiger partial charge in [0.1, 0.15) is 5.56 Å². The first-order valence-electron chi connectivity index (χ1n) is 19.7. The van der Waals surface area contributed by atoms with Crippen LogP contribution in [0.3, 0.4) is 0 Å². The van der Waals surface area contributed by atoms with Crippen LogP contribution in [0.2, 0.25) is 0 Å². The maximum absolute atomic E-state index is 3.91. The fraction of sp³-hybridized carbons (Fsp3) is 0.0784. The van der Waals surface area contributed by atoms with Crippen molar-refractivity contribution in [1.82, 2.24) is 9.13 Å². The van der Waals surface area contributed by atoms with Gasteiger partial charge in [-0.05, 0) is 114 Å². The molecule has 9 aromatic rings. The molecule has 5 heteroatoms. The number of nitrogen functional groups attached to an aromatic ring is 1. The Labute approximate surface area is 325 Å². The molecule has 5 nitrogen and oxygen atoms in total. The molecular formula is C51H42N5+3. The van der Waals surface area contributed by atoms with Crippen molar-refractivity contribution in [2.75, 3.05) is 0 Å². The van der Waals surface area contributed by atoms with Crippen molar-refractivity contribution in [3.8, 4) is 11.4 Å². The minimum atomic E-state index is 0.0924. The van der Waals surface area contributed by atoms with Crippen LogP contribution < -0.4 is 15.6 Å². The van der Waals surface area contributed by atoms with Gasteiger partial charge in [-0.3, -0.25) is 0 Å². The number of aromatic nitrogens is 2. The van der Waals surface area contributed by atoms with Crippen molar-refractivity contribution >= 4 is 50.2 Å². The Morgan fingerprint density at radius 2 is 1.12 bits per heavy atom. The van der Waals surface area contributed by atoms with Gasteiger partial charge in [0, 0.05) is 27.5 Å². The van der Waals surface area contributed by atoms with Gasteiger partial charge in [-0.15, -0.1) is 4.99 Å². The van der Waals surface area contributed by atoms with Crippen molar-refractivity contribution in [2.24, 2.45) is 0 Å². The molecule has 2 atom stereocenters. The van der Waals surface area contributed by atoms with Gasteiger partial charge < -0.3 is 9.13 Å². The minimum absolute atomic E-state index is 0.0924. The number of benzene rings is 7. The predicted octanol–water partition coefficient (Wildman–Crippen LogP) is 7.58. The van der Waals surface area contributed by atoms with Crippen LogP contribution in [-0.2, 0) is 6.42 Å². The standard InChI is InChI=1S/C51H39N5/c1-4-15-34(16-5-1)49-52-50(35-17-6-2-7-18-35)54-51(53-49)38-19-14-22-40(31-38)56-45-25-12-10-23-41(45)43-29-27-37(33-48(43)56)36-28-30-47-44(32-36)42-24-11-13-26-46(42)55(47)39-20-8-3-9-21-39/h1-26,28,30-33,49-50,52H,27,29H2,(H,53,54)/p+3. The molecule has 0 radical (unpaired) electrons. The number of hydrogen-bond acceptors (Lipinski definition) is 0. The van der Waals surface area contributed by atoms with Crippen molar-refractivity contribution in [2.45, 2.75) is 25.2 Å². The molecule has 2 aliphatic rings. The summed E-state index contributed by atoms with van der Waals surface area (Å²) < 4.78 is 4.89. The maximum Gasteiger partial charge on any atom is 0.376 e. The summed E-state index contributed by atoms with van der Waals surface area (Å²) in [5.74, 6) is 1.15. The number of amidine groups is 1. The number of nitrogens with one attached hydrogen (secondary N) is 1. The molecule has 5 N–H and O–H groups in total. The maximum atomic E-state index is 3.91. The number of hydrogen-bond donors (Lipinski definition) is 3. The van der Waals surface area contributed by atoms with Crippen molar-refractivity contribution in [3.63, 3.8) is 0 Å². The highest BCUT2D eigenvalue weighted by Crippen LogP contribution is 2.40. The molecule has 1 aliphatic carbocycles. The summed E-state index contributed by atoms with van der Waals surface area (Å²) in [5, 5.41) is 8.72. The van der Waals surface area contributed by atoms with Crippen molar-refractivity contribution in [3.05, 3.63) is 216 Å². The van der Waals surface area contributed by atoms with E-state index in [1.54, 1.807) is 0 Å². The second-order valence-electron chi connectivity index (χ2n) is 15.1. The van der Waals surface area contributed by atoms with E-state index in [9.17, 15) is 0 Å². The zero-order chi connectivity index (χ0) is 37.0. The highest BCUT2D eigenvalue weighted by atomic mass is 15.3. The van der Waals surface area contributed by atoms with E-state index in [0.717, 1.165) is 18.7 Å². The minimum Gasteiger partial charge on any atom is -0.310 e. The molecule has 3 heterocycles. The van der Waals surface area contributed by atoms with Gasteiger partial charge in [-0.25, -0.2) is 10.6 Å². The zero-order valence-electron chi connectivity index (χ0n) is 31.0. The Kier molecular flexibility index (Phi) is 7.87. The van der Waals surface area contributed by atoms with E-state index in [0.29, 0.717) is 0 Å². The molecule has 0 bridgehead atoms. The average Bonchev–Trinajstić information content (AvgIpc) is 3.79. The van der Waals surface area contributed by atoms with E-state index >= 15 is 0 Å². The Morgan fingerprint density at radius 1 is 0.482 bits per heavy atom. The third-order valence-electron chi connectivity index (χ3n) is 11.8. The van der Waals surface area contributed by atoms with E-state index < -0.39 is 0 Å². The summed E-state index contributed by atoms with van der Waals surface area (Å²) in [6.07, 6.45) is 4.74. The Balaban J connectivity index is 1.03. The number of quaternary nitrogens is 2. The first-order valence-corrected chi connectivity index (χ1v) is 19.7. The van der Waals surface area contributed by atoms with Crippen molar-refractivity contribution < 1.29 is 15.6 Å². The molecule has 11 rings (SSSR count). The molecule has 0 fully saturated rings. The molecule has 2 aromatic heterocycles. The third-order valence-corrected chi connectivity index (χ3v) is 11.8. The Hall–Kier alpha value is -6.79. The Morgan fingerprint density at radius 3 is 1.91 bits per heavy atom. The highest BCUT2D eigenvalue weighted by molar-refractivity contribution is 6.10. The summed E-state index contributed by atoms with van der Waals surface area (Å²) in [6.45, 7) is 0. The van der Waals surface area contributed by atoms with Crippen LogP contribution in [0.25, 0.3) is 55.7 Å². The highest BCUT2D eigenvalue weighted by Gasteiger charge is 2.38. The first kappa shape index (κ1) is 32.6. The lowest BCUT2D eigenvalue weighted by Crippen LogP contribution is -3.22. The van der Waals surface area contributed by atoms with Gasteiger partial charge in [0.05, 0.1) is 33.4 Å². The van der Waals surface area contributed by atoms with Crippen LogP contribution in [0.1, 0.15) is 52.3 Å². The van der Waals surface area contributed by atoms with Crippen LogP contribution in [0.5, 0.6) is 0 Å². The number of rotatable bonds is 6. The van der Waals surface area contributed by atoms with E-state index in [1.807, 2.05) is 0 Å². The van der Waals surface area contributed by atoms with Gasteiger partial charge in [0.25, 0.3) is 6.17 Å². The molecule has 56 heavy (non-hydrogen) atoms. The fourth-order valence-corrected chi connectivity index (χ4v) is 9.21. The van der Waals surface area contributed by atoms with E-state index in [1.165, 1.54) is 83.2 Å². The molecule has 1 aliphatic heterocycles. The lowest BCUT2D eigenvalue weighted by atomic mass is 9.90. The van der Waals surface area contributed by atoms with Gasteiger partial charge >= 0.3 is 12.0 Å². The SMILES string of the molecule is C1=C(c2ccc3c(c2)c2ccccc2n3-c2ccccc2)CCc2c1n(-c1cccc(C3=[NH+]C(c4ccccc4)[NH2+]C(c4ccccc4)[NH2+]3)c1)c1ccccc21. The number of para-hydroxylation sites is 3. The normalized spacial score (nSPS) is 16.9. The predicted molar refractivity (Wildman–Crippen MR) is 228 cm³/mol. The van der Waals surface area contributed by atoms with Gasteiger partial charge in [0.2, 0.25) is 0 Å². The first-order chi connectivity index (χ1) is 27.8. The van der Waals surface area contributed by atoms with Crippen LogP contribution in [0.15, 0.2) is 182 Å². The number of nitrogens with two attached hydrogens (primary N) is 2. The summed E-state index contributed by atoms with van der Waals surface area (Å²) >= 11 is 0. The monoisotopic (exact) mass is 724 g/mol. The number of aryl methyl sites for hydroxylation is 1. The third kappa shape index (κ3) is 5.51. The zero-order valence-corrected chi connectivity index (χ0v) is 31.0. The van der Waals surface area contributed by atoms with E-state index in [2.05, 4.69) is 213 Å².